The number of ketones is 1. The fourth-order valence-corrected chi connectivity index (χ4v) is 2.82. The Kier molecular flexibility index (Phi) is 5.29. The Hall–Kier alpha value is -1.75. The quantitative estimate of drug-likeness (QED) is 0.794. The minimum Gasteiger partial charge on any atom is -0.493 e. The third kappa shape index (κ3) is 3.35. The molecule has 0 heterocycles. The molecule has 1 aliphatic carbocycles. The number of benzene rings is 1. The molecule has 0 atom stereocenters. The smallest absolute Gasteiger partial charge is 0.338 e. The molecule has 0 amide bonds. The van der Waals surface area contributed by atoms with Crippen molar-refractivity contribution in [3.8, 4) is 11.5 Å². The van der Waals surface area contributed by atoms with Crippen molar-refractivity contribution >= 4 is 23.4 Å². The molecule has 0 spiro atoms. The lowest BCUT2D eigenvalue weighted by Gasteiger charge is -2.25. The van der Waals surface area contributed by atoms with E-state index in [2.05, 4.69) is 0 Å². The van der Waals surface area contributed by atoms with Crippen LogP contribution in [0.2, 0.25) is 5.02 Å². The number of carbonyl (C=O) groups excluding carboxylic acids is 2. The lowest BCUT2D eigenvalue weighted by molar-refractivity contribution is -0.121. The number of ether oxygens (including phenoxy) is 3. The van der Waals surface area contributed by atoms with E-state index in [0.717, 1.165) is 0 Å². The lowest BCUT2D eigenvalue weighted by atomic mass is 9.96. The van der Waals surface area contributed by atoms with Gasteiger partial charge in [0.1, 0.15) is 5.78 Å². The molecule has 1 aromatic carbocycles. The van der Waals surface area contributed by atoms with Crippen LogP contribution >= 0.6 is 11.6 Å². The molecule has 1 saturated carbocycles. The van der Waals surface area contributed by atoms with Gasteiger partial charge in [0, 0.05) is 18.4 Å². The van der Waals surface area contributed by atoms with Gasteiger partial charge in [0.15, 0.2) is 11.5 Å². The Morgan fingerprint density at radius 2 is 1.86 bits per heavy atom. The van der Waals surface area contributed by atoms with E-state index in [1.807, 2.05) is 0 Å². The summed E-state index contributed by atoms with van der Waals surface area (Å²) in [6.07, 6.45) is 2.28. The minimum absolute atomic E-state index is 0.0764. The largest absolute Gasteiger partial charge is 0.493 e. The number of Topliss-reactive ketones (excluding diaryl/α,β-unsaturated/α-hetero) is 1. The first-order valence-corrected chi connectivity index (χ1v) is 7.49. The summed E-state index contributed by atoms with van der Waals surface area (Å²) in [6, 6.07) is 1.52. The van der Waals surface area contributed by atoms with E-state index in [1.165, 1.54) is 20.3 Å². The molecule has 120 valence electrons. The summed E-state index contributed by atoms with van der Waals surface area (Å²) in [5.74, 6) is 0.612. The molecule has 22 heavy (non-hydrogen) atoms. The minimum atomic E-state index is -0.479. The molecular weight excluding hydrogens is 308 g/mol. The van der Waals surface area contributed by atoms with E-state index in [9.17, 15) is 9.59 Å². The third-order valence-corrected chi connectivity index (χ3v) is 4.10. The molecule has 0 aromatic heterocycles. The van der Waals surface area contributed by atoms with E-state index in [1.54, 1.807) is 6.92 Å². The molecule has 6 heteroatoms. The second kappa shape index (κ2) is 7.01. The monoisotopic (exact) mass is 326 g/mol. The molecular formula is C16H19ClO5. The Bertz CT molecular complexity index is 587. The van der Waals surface area contributed by atoms with E-state index >= 15 is 0 Å². The number of rotatable bonds is 4. The van der Waals surface area contributed by atoms with Crippen LogP contribution in [-0.2, 0) is 9.53 Å². The average molecular weight is 327 g/mol. The summed E-state index contributed by atoms with van der Waals surface area (Å²) in [5.41, 5.74) is 0.955. The highest BCUT2D eigenvalue weighted by Crippen LogP contribution is 2.41. The summed E-state index contributed by atoms with van der Waals surface area (Å²) in [5, 5.41) is 0.291. The first-order valence-electron chi connectivity index (χ1n) is 7.11. The Labute approximate surface area is 134 Å². The van der Waals surface area contributed by atoms with Gasteiger partial charge in [0.05, 0.1) is 30.9 Å². The summed E-state index contributed by atoms with van der Waals surface area (Å²) in [6.45, 7) is 1.75. The lowest BCUT2D eigenvalue weighted by Crippen LogP contribution is -2.24. The van der Waals surface area contributed by atoms with Crippen molar-refractivity contribution in [2.24, 2.45) is 0 Å². The zero-order valence-electron chi connectivity index (χ0n) is 12.9. The summed E-state index contributed by atoms with van der Waals surface area (Å²) < 4.78 is 16.1. The Morgan fingerprint density at radius 3 is 2.41 bits per heavy atom. The highest BCUT2D eigenvalue weighted by molar-refractivity contribution is 6.32. The van der Waals surface area contributed by atoms with Crippen molar-refractivity contribution in [2.45, 2.75) is 38.7 Å². The van der Waals surface area contributed by atoms with Crippen LogP contribution < -0.4 is 9.47 Å². The van der Waals surface area contributed by atoms with E-state index in [-0.39, 0.29) is 11.9 Å². The van der Waals surface area contributed by atoms with E-state index < -0.39 is 5.97 Å². The summed E-state index contributed by atoms with van der Waals surface area (Å²) in [4.78, 5) is 23.1. The fraction of sp³-hybridized carbons (Fsp3) is 0.500. The predicted octanol–water partition coefficient (Wildman–Crippen LogP) is 3.33. The molecule has 0 N–H and O–H groups in total. The highest BCUT2D eigenvalue weighted by atomic mass is 35.5. The normalized spacial score (nSPS) is 15.5. The standard InChI is InChI=1S/C16H19ClO5/c1-9-12(16(19)21-3)8-13(17)15(14(9)20-2)22-11-6-4-10(18)5-7-11/h8,11H,4-7H2,1-3H3. The van der Waals surface area contributed by atoms with Crippen molar-refractivity contribution in [3.05, 3.63) is 22.2 Å². The number of halogens is 1. The zero-order valence-corrected chi connectivity index (χ0v) is 13.7. The van der Waals surface area contributed by atoms with Crippen molar-refractivity contribution in [1.82, 2.24) is 0 Å². The third-order valence-electron chi connectivity index (χ3n) is 3.82. The molecule has 1 aromatic rings. The number of methoxy groups -OCH3 is 2. The summed E-state index contributed by atoms with van der Waals surface area (Å²) >= 11 is 6.25. The van der Waals surface area contributed by atoms with Gasteiger partial charge in [0.2, 0.25) is 0 Å². The fourth-order valence-electron chi connectivity index (χ4n) is 2.58. The van der Waals surface area contributed by atoms with Gasteiger partial charge < -0.3 is 14.2 Å². The molecule has 0 aliphatic heterocycles. The van der Waals surface area contributed by atoms with Crippen molar-refractivity contribution < 1.29 is 23.8 Å². The first kappa shape index (κ1) is 16.6. The van der Waals surface area contributed by atoms with Crippen LogP contribution in [0.15, 0.2) is 6.07 Å². The second-order valence-corrected chi connectivity index (χ2v) is 5.65. The summed E-state index contributed by atoms with van der Waals surface area (Å²) in [7, 11) is 2.81. The number of carbonyl (C=O) groups is 2. The van der Waals surface area contributed by atoms with E-state index in [4.69, 9.17) is 25.8 Å². The topological polar surface area (TPSA) is 61.8 Å². The zero-order chi connectivity index (χ0) is 16.3. The van der Waals surface area contributed by atoms with Crippen LogP contribution in [0.25, 0.3) is 0 Å². The van der Waals surface area contributed by atoms with Gasteiger partial charge in [-0.3, -0.25) is 4.79 Å². The maximum Gasteiger partial charge on any atom is 0.338 e. The van der Waals surface area contributed by atoms with Crippen LogP contribution in [0.3, 0.4) is 0 Å². The molecule has 0 saturated heterocycles. The van der Waals surface area contributed by atoms with Gasteiger partial charge in [0.25, 0.3) is 0 Å². The first-order chi connectivity index (χ1) is 10.5. The second-order valence-electron chi connectivity index (χ2n) is 5.24. The SMILES string of the molecule is COC(=O)c1cc(Cl)c(OC2CCC(=O)CC2)c(OC)c1C. The van der Waals surface area contributed by atoms with Gasteiger partial charge in [-0.15, -0.1) is 0 Å². The van der Waals surface area contributed by atoms with Gasteiger partial charge in [-0.25, -0.2) is 4.79 Å². The van der Waals surface area contributed by atoms with Crippen LogP contribution in [0.4, 0.5) is 0 Å². The molecule has 5 nitrogen and oxygen atoms in total. The number of hydrogen-bond acceptors (Lipinski definition) is 5. The van der Waals surface area contributed by atoms with Crippen LogP contribution in [-0.4, -0.2) is 32.1 Å². The van der Waals surface area contributed by atoms with E-state index in [0.29, 0.717) is 53.3 Å². The average Bonchev–Trinajstić information content (AvgIpc) is 2.52. The predicted molar refractivity (Wildman–Crippen MR) is 82.0 cm³/mol. The maximum absolute atomic E-state index is 11.8. The molecule has 1 aliphatic rings. The van der Waals surface area contributed by atoms with Gasteiger partial charge in [-0.1, -0.05) is 11.6 Å². The van der Waals surface area contributed by atoms with Crippen LogP contribution in [0.1, 0.15) is 41.6 Å². The van der Waals surface area contributed by atoms with Crippen molar-refractivity contribution in [1.29, 1.82) is 0 Å². The molecule has 2 rings (SSSR count). The Morgan fingerprint density at radius 1 is 1.23 bits per heavy atom. The molecule has 0 bridgehead atoms. The number of hydrogen-bond donors (Lipinski definition) is 0. The van der Waals surface area contributed by atoms with Crippen LogP contribution in [0, 0.1) is 6.92 Å². The highest BCUT2D eigenvalue weighted by Gasteiger charge is 2.25. The van der Waals surface area contributed by atoms with Crippen LogP contribution in [0.5, 0.6) is 11.5 Å². The van der Waals surface area contributed by atoms with Gasteiger partial charge in [-0.2, -0.15) is 0 Å². The maximum atomic E-state index is 11.8. The molecule has 0 radical (unpaired) electrons. The van der Waals surface area contributed by atoms with Crippen molar-refractivity contribution in [3.63, 3.8) is 0 Å². The molecule has 1 fully saturated rings. The van der Waals surface area contributed by atoms with Crippen molar-refractivity contribution in [2.75, 3.05) is 14.2 Å². The van der Waals surface area contributed by atoms with Gasteiger partial charge in [-0.05, 0) is 25.8 Å². The Balaban J connectivity index is 2.33. The van der Waals surface area contributed by atoms with Gasteiger partial charge >= 0.3 is 5.97 Å². The molecule has 0 unspecified atom stereocenters. The number of esters is 1.